The molecule has 0 saturated heterocycles. The summed E-state index contributed by atoms with van der Waals surface area (Å²) in [6.07, 6.45) is 1.58. The molecule has 0 aromatic carbocycles. The maximum Gasteiger partial charge on any atom is 0.358 e. The van der Waals surface area contributed by atoms with Crippen molar-refractivity contribution in [2.75, 3.05) is 0 Å². The van der Waals surface area contributed by atoms with Gasteiger partial charge in [0.2, 0.25) is 0 Å². The highest BCUT2D eigenvalue weighted by Gasteiger charge is 2.22. The lowest BCUT2D eigenvalue weighted by Gasteiger charge is -2.04. The van der Waals surface area contributed by atoms with Crippen LogP contribution in [0.3, 0.4) is 0 Å². The van der Waals surface area contributed by atoms with E-state index in [0.29, 0.717) is 18.1 Å². The van der Waals surface area contributed by atoms with E-state index in [-0.39, 0.29) is 5.69 Å². The molecule has 9 heteroatoms. The molecule has 0 aliphatic rings. The van der Waals surface area contributed by atoms with Crippen molar-refractivity contribution in [3.05, 3.63) is 35.4 Å². The van der Waals surface area contributed by atoms with Crippen LogP contribution in [-0.4, -0.2) is 40.8 Å². The van der Waals surface area contributed by atoms with Crippen LogP contribution in [0.5, 0.6) is 0 Å². The topological polar surface area (TPSA) is 98.7 Å². The van der Waals surface area contributed by atoms with E-state index in [2.05, 4.69) is 20.5 Å². The van der Waals surface area contributed by atoms with E-state index in [9.17, 15) is 9.90 Å². The Hall–Kier alpha value is -2.55. The van der Waals surface area contributed by atoms with Gasteiger partial charge in [-0.1, -0.05) is 11.3 Å². The quantitative estimate of drug-likeness (QED) is 0.766. The molecule has 0 radical (unpaired) electrons. The first-order chi connectivity index (χ1) is 9.66. The van der Waals surface area contributed by atoms with E-state index in [4.69, 9.17) is 0 Å². The van der Waals surface area contributed by atoms with Gasteiger partial charge in [0.15, 0.2) is 11.5 Å². The summed E-state index contributed by atoms with van der Waals surface area (Å²) >= 11 is 1.44. The van der Waals surface area contributed by atoms with Crippen LogP contribution in [0.4, 0.5) is 0 Å². The molecule has 3 rings (SSSR count). The van der Waals surface area contributed by atoms with Gasteiger partial charge in [-0.15, -0.1) is 26.6 Å². The molecule has 0 amide bonds. The number of hydrogen-bond acceptors (Lipinski definition) is 6. The lowest BCUT2D eigenvalue weighted by atomic mass is 10.2. The second-order valence-electron chi connectivity index (χ2n) is 4.08. The van der Waals surface area contributed by atoms with Crippen LogP contribution in [0.25, 0.3) is 10.6 Å². The fourth-order valence-corrected chi connectivity index (χ4v) is 2.58. The molecule has 0 unspecified atom stereocenters. The van der Waals surface area contributed by atoms with E-state index in [0.717, 1.165) is 4.88 Å². The van der Waals surface area contributed by atoms with E-state index in [1.54, 1.807) is 10.9 Å². The summed E-state index contributed by atoms with van der Waals surface area (Å²) < 4.78 is 3.28. The van der Waals surface area contributed by atoms with Crippen molar-refractivity contribution in [2.24, 2.45) is 7.05 Å². The van der Waals surface area contributed by atoms with Crippen LogP contribution < -0.4 is 0 Å². The monoisotopic (exact) mass is 290 g/mol. The fraction of sp³-hybridized carbons (Fsp3) is 0.182. The van der Waals surface area contributed by atoms with E-state index in [1.165, 1.54) is 16.0 Å². The third-order valence-electron chi connectivity index (χ3n) is 2.79. The summed E-state index contributed by atoms with van der Waals surface area (Å²) in [5.41, 5.74) is 0.421. The van der Waals surface area contributed by atoms with Crippen molar-refractivity contribution in [3.8, 4) is 10.6 Å². The Balaban J connectivity index is 2.08. The molecule has 20 heavy (non-hydrogen) atoms. The molecule has 0 saturated carbocycles. The van der Waals surface area contributed by atoms with Gasteiger partial charge in [0.05, 0.1) is 4.88 Å². The largest absolute Gasteiger partial charge is 0.476 e. The minimum absolute atomic E-state index is 0.0605. The zero-order valence-electron chi connectivity index (χ0n) is 10.5. The minimum Gasteiger partial charge on any atom is -0.476 e. The molecule has 0 aliphatic heterocycles. The molecule has 3 aromatic rings. The Morgan fingerprint density at radius 1 is 1.45 bits per heavy atom. The summed E-state index contributed by atoms with van der Waals surface area (Å²) in [4.78, 5) is 12.1. The minimum atomic E-state index is -1.10. The van der Waals surface area contributed by atoms with E-state index < -0.39 is 5.97 Å². The van der Waals surface area contributed by atoms with Crippen LogP contribution in [0.1, 0.15) is 16.3 Å². The van der Waals surface area contributed by atoms with Crippen molar-refractivity contribution in [1.82, 2.24) is 29.8 Å². The number of hydrogen-bond donors (Lipinski definition) is 1. The molecule has 0 spiro atoms. The summed E-state index contributed by atoms with van der Waals surface area (Å²) in [6.45, 7) is 0.310. The van der Waals surface area contributed by atoms with Crippen LogP contribution >= 0.6 is 11.3 Å². The predicted molar refractivity (Wildman–Crippen MR) is 70.4 cm³/mol. The van der Waals surface area contributed by atoms with Crippen LogP contribution in [-0.2, 0) is 13.6 Å². The van der Waals surface area contributed by atoms with Crippen LogP contribution in [0.15, 0.2) is 23.8 Å². The maximum absolute atomic E-state index is 11.3. The van der Waals surface area contributed by atoms with Gasteiger partial charge in [-0.05, 0) is 11.4 Å². The Morgan fingerprint density at radius 2 is 2.30 bits per heavy atom. The Bertz CT molecular complexity index is 745. The van der Waals surface area contributed by atoms with Crippen molar-refractivity contribution in [3.63, 3.8) is 0 Å². The number of carbonyl (C=O) groups is 1. The highest BCUT2D eigenvalue weighted by molar-refractivity contribution is 7.13. The number of carboxylic acid groups (broad SMARTS) is 1. The molecule has 8 nitrogen and oxygen atoms in total. The van der Waals surface area contributed by atoms with Crippen LogP contribution in [0, 0.1) is 0 Å². The zero-order valence-corrected chi connectivity index (χ0v) is 11.3. The normalized spacial score (nSPS) is 10.8. The summed E-state index contributed by atoms with van der Waals surface area (Å²) in [5.74, 6) is -0.428. The Labute approximate surface area is 117 Å². The lowest BCUT2D eigenvalue weighted by Crippen LogP contribution is -2.09. The SMILES string of the molecule is Cn1cnnc1Cn1nnc(C(=O)O)c1-c1cccs1. The van der Waals surface area contributed by atoms with Gasteiger partial charge in [0.25, 0.3) is 0 Å². The molecule has 0 bridgehead atoms. The third-order valence-corrected chi connectivity index (χ3v) is 3.67. The molecule has 102 valence electrons. The van der Waals surface area contributed by atoms with E-state index in [1.807, 2.05) is 24.6 Å². The van der Waals surface area contributed by atoms with Gasteiger partial charge in [-0.3, -0.25) is 0 Å². The Kier molecular flexibility index (Phi) is 3.03. The van der Waals surface area contributed by atoms with Crippen molar-refractivity contribution >= 4 is 17.3 Å². The van der Waals surface area contributed by atoms with Gasteiger partial charge >= 0.3 is 5.97 Å². The van der Waals surface area contributed by atoms with Gasteiger partial charge < -0.3 is 9.67 Å². The first kappa shape index (κ1) is 12.5. The number of aromatic carboxylic acids is 1. The Morgan fingerprint density at radius 3 is 2.90 bits per heavy atom. The summed E-state index contributed by atoms with van der Waals surface area (Å²) in [6, 6.07) is 3.69. The van der Waals surface area contributed by atoms with Gasteiger partial charge in [0, 0.05) is 7.05 Å². The summed E-state index contributed by atoms with van der Waals surface area (Å²) in [5, 5.41) is 26.5. The molecule has 1 N–H and O–H groups in total. The molecule has 3 aromatic heterocycles. The highest BCUT2D eigenvalue weighted by Crippen LogP contribution is 2.27. The smallest absolute Gasteiger partial charge is 0.358 e. The molecular formula is C11H10N6O2S. The van der Waals surface area contributed by atoms with Gasteiger partial charge in [-0.25, -0.2) is 9.48 Å². The predicted octanol–water partition coefficient (Wildman–Crippen LogP) is 0.882. The number of aromatic nitrogens is 6. The number of aryl methyl sites for hydroxylation is 1. The third kappa shape index (κ3) is 2.07. The molecule has 0 fully saturated rings. The van der Waals surface area contributed by atoms with Crippen molar-refractivity contribution in [1.29, 1.82) is 0 Å². The highest BCUT2D eigenvalue weighted by atomic mass is 32.1. The van der Waals surface area contributed by atoms with Gasteiger partial charge in [-0.2, -0.15) is 0 Å². The molecular weight excluding hydrogens is 280 g/mol. The van der Waals surface area contributed by atoms with Crippen molar-refractivity contribution in [2.45, 2.75) is 6.54 Å². The van der Waals surface area contributed by atoms with Crippen LogP contribution in [0.2, 0.25) is 0 Å². The maximum atomic E-state index is 11.3. The van der Waals surface area contributed by atoms with Gasteiger partial charge in [0.1, 0.15) is 18.6 Å². The number of thiophene rings is 1. The first-order valence-electron chi connectivity index (χ1n) is 5.70. The summed E-state index contributed by atoms with van der Waals surface area (Å²) in [7, 11) is 1.81. The number of nitrogens with zero attached hydrogens (tertiary/aromatic N) is 6. The number of carboxylic acids is 1. The molecule has 3 heterocycles. The molecule has 0 aliphatic carbocycles. The molecule has 0 atom stereocenters. The number of rotatable bonds is 4. The average molecular weight is 290 g/mol. The average Bonchev–Trinajstić information content (AvgIpc) is 3.11. The first-order valence-corrected chi connectivity index (χ1v) is 6.58. The van der Waals surface area contributed by atoms with E-state index >= 15 is 0 Å². The zero-order chi connectivity index (χ0) is 14.1. The van der Waals surface area contributed by atoms with Crippen molar-refractivity contribution < 1.29 is 9.90 Å². The fourth-order valence-electron chi connectivity index (χ4n) is 1.81. The lowest BCUT2D eigenvalue weighted by molar-refractivity contribution is 0.0691. The second kappa shape index (κ2) is 4.85. The standard InChI is InChI=1S/C11H10N6O2S/c1-16-6-12-13-8(16)5-17-10(7-3-2-4-20-7)9(11(18)19)14-15-17/h2-4,6H,5H2,1H3,(H,18,19). The second-order valence-corrected chi connectivity index (χ2v) is 5.03.